The number of urea groups is 1. The van der Waals surface area contributed by atoms with E-state index in [9.17, 15) is 9.59 Å². The molecule has 1 aromatic carbocycles. The first-order valence-electron chi connectivity index (χ1n) is 7.35. The Kier molecular flexibility index (Phi) is 5.21. The highest BCUT2D eigenvalue weighted by Gasteiger charge is 2.30. The molecule has 22 heavy (non-hydrogen) atoms. The van der Waals surface area contributed by atoms with E-state index in [1.54, 1.807) is 7.11 Å². The number of nitrogens with two attached hydrogens (primary N) is 1. The zero-order valence-corrected chi connectivity index (χ0v) is 13.0. The van der Waals surface area contributed by atoms with E-state index in [1.165, 1.54) is 0 Å². The van der Waals surface area contributed by atoms with Crippen molar-refractivity contribution in [2.45, 2.75) is 13.0 Å². The summed E-state index contributed by atoms with van der Waals surface area (Å²) in [5, 5.41) is 2.15. The van der Waals surface area contributed by atoms with Gasteiger partial charge in [0.25, 0.3) is 5.91 Å². The fourth-order valence-corrected chi connectivity index (χ4v) is 2.77. The molecule has 0 saturated carbocycles. The molecule has 1 fully saturated rings. The summed E-state index contributed by atoms with van der Waals surface area (Å²) in [5.74, 6) is 0.527. The quantitative estimate of drug-likeness (QED) is 0.664. The number of para-hydroxylation sites is 2. The molecule has 120 valence electrons. The number of benzene rings is 1. The van der Waals surface area contributed by atoms with Gasteiger partial charge >= 0.3 is 6.03 Å². The zero-order valence-electron chi connectivity index (χ0n) is 13.0. The number of anilines is 1. The summed E-state index contributed by atoms with van der Waals surface area (Å²) in [6.07, 6.45) is 0. The monoisotopic (exact) mass is 307 g/mol. The van der Waals surface area contributed by atoms with Crippen LogP contribution in [0.2, 0.25) is 0 Å². The summed E-state index contributed by atoms with van der Waals surface area (Å²) in [6, 6.07) is 6.81. The molecule has 2 rings (SSSR count). The van der Waals surface area contributed by atoms with Gasteiger partial charge in [-0.1, -0.05) is 12.1 Å². The number of imide groups is 1. The van der Waals surface area contributed by atoms with Crippen molar-refractivity contribution in [2.24, 2.45) is 5.73 Å². The maximum atomic E-state index is 11.8. The Labute approximate surface area is 130 Å². The molecule has 0 unspecified atom stereocenters. The van der Waals surface area contributed by atoms with Crippen LogP contribution in [0.3, 0.4) is 0 Å². The van der Waals surface area contributed by atoms with Gasteiger partial charge in [-0.25, -0.2) is 4.79 Å². The van der Waals surface area contributed by atoms with Crippen LogP contribution < -0.4 is 25.6 Å². The predicted octanol–water partition coefficient (Wildman–Crippen LogP) is -1.02. The molecule has 1 atom stereocenters. The van der Waals surface area contributed by atoms with Gasteiger partial charge in [0.05, 0.1) is 39.0 Å². The van der Waals surface area contributed by atoms with Gasteiger partial charge in [-0.2, -0.15) is 0 Å². The Morgan fingerprint density at radius 1 is 1.32 bits per heavy atom. The number of rotatable bonds is 4. The lowest BCUT2D eigenvalue weighted by Gasteiger charge is -2.36. The van der Waals surface area contributed by atoms with E-state index in [0.717, 1.165) is 42.5 Å². The summed E-state index contributed by atoms with van der Waals surface area (Å²) in [4.78, 5) is 26.0. The van der Waals surface area contributed by atoms with Crippen molar-refractivity contribution in [3.63, 3.8) is 0 Å². The van der Waals surface area contributed by atoms with Gasteiger partial charge in [0.15, 0.2) is 6.04 Å². The molecule has 1 aromatic rings. The van der Waals surface area contributed by atoms with Crippen molar-refractivity contribution in [3.05, 3.63) is 24.3 Å². The third kappa shape index (κ3) is 3.67. The molecule has 0 aromatic heterocycles. The van der Waals surface area contributed by atoms with Crippen molar-refractivity contribution in [1.82, 2.24) is 5.32 Å². The third-order valence-electron chi connectivity index (χ3n) is 4.08. The van der Waals surface area contributed by atoms with Crippen molar-refractivity contribution in [1.29, 1.82) is 0 Å². The number of carbonyl (C=O) groups is 2. The van der Waals surface area contributed by atoms with Gasteiger partial charge in [-0.15, -0.1) is 0 Å². The normalized spacial score (nSPS) is 16.9. The third-order valence-corrected chi connectivity index (χ3v) is 4.08. The number of amides is 3. The number of hydrogen-bond donors (Lipinski definition) is 3. The largest absolute Gasteiger partial charge is 0.495 e. The number of ether oxygens (including phenoxy) is 1. The number of primary amides is 1. The second kappa shape index (κ2) is 7.13. The number of nitrogens with zero attached hydrogens (tertiary/aromatic N) is 1. The number of nitrogens with one attached hydrogen (secondary N) is 2. The average molecular weight is 307 g/mol. The SMILES string of the molecule is COc1ccccc1N1CC[NH+]([C@@H](C)C(=O)NC(N)=O)CC1. The maximum Gasteiger partial charge on any atom is 0.319 e. The van der Waals surface area contributed by atoms with E-state index in [1.807, 2.05) is 31.2 Å². The molecule has 7 heteroatoms. The van der Waals surface area contributed by atoms with Crippen LogP contribution in [0.5, 0.6) is 5.75 Å². The van der Waals surface area contributed by atoms with Crippen molar-refractivity contribution >= 4 is 17.6 Å². The number of carbonyl (C=O) groups excluding carboxylic acids is 2. The molecular weight excluding hydrogens is 284 g/mol. The highest BCUT2D eigenvalue weighted by Crippen LogP contribution is 2.27. The highest BCUT2D eigenvalue weighted by atomic mass is 16.5. The Morgan fingerprint density at radius 2 is 1.95 bits per heavy atom. The summed E-state index contributed by atoms with van der Waals surface area (Å²) in [6.45, 7) is 5.08. The Bertz CT molecular complexity index is 541. The maximum absolute atomic E-state index is 11.8. The fourth-order valence-electron chi connectivity index (χ4n) is 2.77. The van der Waals surface area contributed by atoms with Crippen LogP contribution in [0.4, 0.5) is 10.5 Å². The molecule has 0 bridgehead atoms. The molecule has 4 N–H and O–H groups in total. The molecular formula is C15H23N4O3+. The van der Waals surface area contributed by atoms with E-state index in [2.05, 4.69) is 10.2 Å². The van der Waals surface area contributed by atoms with Gasteiger partial charge in [0.2, 0.25) is 0 Å². The minimum atomic E-state index is -0.802. The van der Waals surface area contributed by atoms with Crippen LogP contribution in [0.1, 0.15) is 6.92 Å². The molecule has 1 aliphatic heterocycles. The lowest BCUT2D eigenvalue weighted by atomic mass is 10.2. The van der Waals surface area contributed by atoms with Crippen LogP contribution >= 0.6 is 0 Å². The smallest absolute Gasteiger partial charge is 0.319 e. The molecule has 0 aliphatic carbocycles. The Balaban J connectivity index is 1.95. The first-order valence-corrected chi connectivity index (χ1v) is 7.35. The van der Waals surface area contributed by atoms with Crippen LogP contribution in [-0.2, 0) is 4.79 Å². The fraction of sp³-hybridized carbons (Fsp3) is 0.467. The van der Waals surface area contributed by atoms with Crippen LogP contribution in [-0.4, -0.2) is 51.3 Å². The Hall–Kier alpha value is -2.28. The topological polar surface area (TPSA) is 89.1 Å². The molecule has 7 nitrogen and oxygen atoms in total. The highest BCUT2D eigenvalue weighted by molar-refractivity contribution is 5.95. The van der Waals surface area contributed by atoms with Crippen LogP contribution in [0, 0.1) is 0 Å². The van der Waals surface area contributed by atoms with Crippen molar-refractivity contribution in [2.75, 3.05) is 38.2 Å². The Morgan fingerprint density at radius 3 is 2.55 bits per heavy atom. The van der Waals surface area contributed by atoms with E-state index in [0.29, 0.717) is 0 Å². The lowest BCUT2D eigenvalue weighted by Crippen LogP contribution is -3.19. The second-order valence-electron chi connectivity index (χ2n) is 5.39. The van der Waals surface area contributed by atoms with Crippen molar-refractivity contribution in [3.8, 4) is 5.75 Å². The first kappa shape index (κ1) is 16.1. The zero-order chi connectivity index (χ0) is 16.1. The average Bonchev–Trinajstić information content (AvgIpc) is 2.53. The summed E-state index contributed by atoms with van der Waals surface area (Å²) in [7, 11) is 1.66. The van der Waals surface area contributed by atoms with E-state index in [4.69, 9.17) is 10.5 Å². The first-order chi connectivity index (χ1) is 10.5. The van der Waals surface area contributed by atoms with Crippen LogP contribution in [0.25, 0.3) is 0 Å². The van der Waals surface area contributed by atoms with Gasteiger partial charge in [-0.3, -0.25) is 10.1 Å². The predicted molar refractivity (Wildman–Crippen MR) is 83.1 cm³/mol. The summed E-state index contributed by atoms with van der Waals surface area (Å²) in [5.41, 5.74) is 6.06. The van der Waals surface area contributed by atoms with Gasteiger partial charge in [0.1, 0.15) is 5.75 Å². The molecule has 0 radical (unpaired) electrons. The number of hydrogen-bond acceptors (Lipinski definition) is 4. The van der Waals surface area contributed by atoms with E-state index < -0.39 is 6.03 Å². The van der Waals surface area contributed by atoms with Gasteiger partial charge in [-0.05, 0) is 19.1 Å². The van der Waals surface area contributed by atoms with E-state index >= 15 is 0 Å². The summed E-state index contributed by atoms with van der Waals surface area (Å²) < 4.78 is 5.39. The van der Waals surface area contributed by atoms with Crippen molar-refractivity contribution < 1.29 is 19.2 Å². The molecule has 1 heterocycles. The van der Waals surface area contributed by atoms with Gasteiger partial charge in [0, 0.05) is 0 Å². The number of piperazine rings is 1. The summed E-state index contributed by atoms with van der Waals surface area (Å²) >= 11 is 0. The number of methoxy groups -OCH3 is 1. The second-order valence-corrected chi connectivity index (χ2v) is 5.39. The van der Waals surface area contributed by atoms with Crippen LogP contribution in [0.15, 0.2) is 24.3 Å². The standard InChI is InChI=1S/C15H22N4O3/c1-11(14(20)17-15(16)21)18-7-9-19(10-8-18)12-5-3-4-6-13(12)22-2/h3-6,11H,7-10H2,1-2H3,(H3,16,17,20,21)/p+1/t11-/m0/s1. The molecule has 3 amide bonds. The van der Waals surface area contributed by atoms with Gasteiger partial charge < -0.3 is 20.3 Å². The molecule has 1 saturated heterocycles. The van der Waals surface area contributed by atoms with E-state index in [-0.39, 0.29) is 11.9 Å². The molecule has 0 spiro atoms. The minimum Gasteiger partial charge on any atom is -0.495 e. The minimum absolute atomic E-state index is 0.299. The number of quaternary nitrogens is 1. The lowest BCUT2D eigenvalue weighted by molar-refractivity contribution is -0.914. The molecule has 1 aliphatic rings.